The van der Waals surface area contributed by atoms with Crippen LogP contribution in [0.3, 0.4) is 0 Å². The SMILES string of the molecule is Cc1ccc(C(=O)OCc2ccc(C(=O)N3CCCC3)cc2)cc1S(N)(=O)=O. The second-order valence-electron chi connectivity index (χ2n) is 6.80. The van der Waals surface area contributed by atoms with E-state index in [-0.39, 0.29) is 23.0 Å². The molecule has 1 saturated heterocycles. The van der Waals surface area contributed by atoms with Crippen LogP contribution in [-0.4, -0.2) is 38.3 Å². The minimum absolute atomic E-state index is 0.00953. The molecule has 0 saturated carbocycles. The van der Waals surface area contributed by atoms with Gasteiger partial charge in [-0.25, -0.2) is 18.4 Å². The molecule has 2 aromatic rings. The maximum Gasteiger partial charge on any atom is 0.338 e. The smallest absolute Gasteiger partial charge is 0.338 e. The van der Waals surface area contributed by atoms with Crippen LogP contribution in [0.15, 0.2) is 47.4 Å². The monoisotopic (exact) mass is 402 g/mol. The number of hydrogen-bond donors (Lipinski definition) is 1. The molecule has 0 radical (unpaired) electrons. The highest BCUT2D eigenvalue weighted by atomic mass is 32.2. The summed E-state index contributed by atoms with van der Waals surface area (Å²) >= 11 is 0. The summed E-state index contributed by atoms with van der Waals surface area (Å²) in [6, 6.07) is 11.1. The lowest BCUT2D eigenvalue weighted by Crippen LogP contribution is -2.27. The molecule has 8 heteroatoms. The van der Waals surface area contributed by atoms with Crippen LogP contribution in [0.1, 0.15) is 44.7 Å². The quantitative estimate of drug-likeness (QED) is 0.772. The molecule has 1 aliphatic rings. The van der Waals surface area contributed by atoms with E-state index in [1.807, 2.05) is 4.90 Å². The predicted octanol–water partition coefficient (Wildman–Crippen LogP) is 2.24. The Morgan fingerprint density at radius 1 is 1.04 bits per heavy atom. The number of esters is 1. The third kappa shape index (κ3) is 4.58. The summed E-state index contributed by atoms with van der Waals surface area (Å²) in [6.07, 6.45) is 2.07. The van der Waals surface area contributed by atoms with Crippen molar-refractivity contribution in [3.8, 4) is 0 Å². The molecule has 7 nitrogen and oxygen atoms in total. The zero-order valence-electron chi connectivity index (χ0n) is 15.6. The van der Waals surface area contributed by atoms with E-state index in [4.69, 9.17) is 9.88 Å². The number of primary sulfonamides is 1. The van der Waals surface area contributed by atoms with Crippen LogP contribution < -0.4 is 5.14 Å². The van der Waals surface area contributed by atoms with E-state index in [0.29, 0.717) is 11.1 Å². The molecule has 1 aliphatic heterocycles. The molecule has 0 aliphatic carbocycles. The zero-order chi connectivity index (χ0) is 20.3. The normalized spacial score (nSPS) is 14.1. The second kappa shape index (κ2) is 8.12. The van der Waals surface area contributed by atoms with Crippen LogP contribution in [0.5, 0.6) is 0 Å². The van der Waals surface area contributed by atoms with E-state index in [1.54, 1.807) is 31.2 Å². The Balaban J connectivity index is 1.64. The lowest BCUT2D eigenvalue weighted by Gasteiger charge is -2.15. The highest BCUT2D eigenvalue weighted by molar-refractivity contribution is 7.89. The Kier molecular flexibility index (Phi) is 5.81. The van der Waals surface area contributed by atoms with Crippen molar-refractivity contribution in [2.24, 2.45) is 5.14 Å². The average molecular weight is 402 g/mol. The number of sulfonamides is 1. The number of carbonyl (C=O) groups excluding carboxylic acids is 2. The number of hydrogen-bond acceptors (Lipinski definition) is 5. The molecule has 3 rings (SSSR count). The van der Waals surface area contributed by atoms with E-state index in [0.717, 1.165) is 31.5 Å². The number of aryl methyl sites for hydroxylation is 1. The first-order chi connectivity index (χ1) is 13.3. The van der Waals surface area contributed by atoms with Gasteiger partial charge in [0.05, 0.1) is 10.5 Å². The van der Waals surface area contributed by atoms with Gasteiger partial charge in [0.1, 0.15) is 6.61 Å². The number of amides is 1. The molecular weight excluding hydrogens is 380 g/mol. The summed E-state index contributed by atoms with van der Waals surface area (Å²) in [5, 5.41) is 5.16. The summed E-state index contributed by atoms with van der Waals surface area (Å²) in [5.74, 6) is -0.640. The highest BCUT2D eigenvalue weighted by Gasteiger charge is 2.19. The first-order valence-corrected chi connectivity index (χ1v) is 10.5. The van der Waals surface area contributed by atoms with Gasteiger partial charge in [-0.1, -0.05) is 18.2 Å². The largest absolute Gasteiger partial charge is 0.457 e. The summed E-state index contributed by atoms with van der Waals surface area (Å²) < 4.78 is 28.4. The number of benzene rings is 2. The fourth-order valence-electron chi connectivity index (χ4n) is 3.11. The minimum atomic E-state index is -3.92. The molecule has 148 valence electrons. The van der Waals surface area contributed by atoms with Crippen molar-refractivity contribution in [3.63, 3.8) is 0 Å². The predicted molar refractivity (Wildman–Crippen MR) is 103 cm³/mol. The van der Waals surface area contributed by atoms with Crippen LogP contribution in [0.4, 0.5) is 0 Å². The van der Waals surface area contributed by atoms with Gasteiger partial charge >= 0.3 is 5.97 Å². The van der Waals surface area contributed by atoms with Crippen molar-refractivity contribution in [3.05, 3.63) is 64.7 Å². The van der Waals surface area contributed by atoms with Gasteiger partial charge in [0.15, 0.2) is 0 Å². The first-order valence-electron chi connectivity index (χ1n) is 8.94. The number of nitrogens with zero attached hydrogens (tertiary/aromatic N) is 1. The van der Waals surface area contributed by atoms with E-state index in [1.165, 1.54) is 18.2 Å². The molecule has 2 N–H and O–H groups in total. The number of carbonyl (C=O) groups is 2. The van der Waals surface area contributed by atoms with Crippen LogP contribution in [-0.2, 0) is 21.4 Å². The van der Waals surface area contributed by atoms with Crippen molar-refractivity contribution in [2.45, 2.75) is 31.3 Å². The number of nitrogens with two attached hydrogens (primary N) is 1. The molecule has 1 heterocycles. The number of likely N-dealkylation sites (tertiary alicyclic amines) is 1. The number of ether oxygens (including phenoxy) is 1. The highest BCUT2D eigenvalue weighted by Crippen LogP contribution is 2.17. The van der Waals surface area contributed by atoms with Crippen molar-refractivity contribution < 1.29 is 22.7 Å². The van der Waals surface area contributed by atoms with Crippen molar-refractivity contribution >= 4 is 21.9 Å². The summed E-state index contributed by atoms with van der Waals surface area (Å²) in [7, 11) is -3.92. The summed E-state index contributed by atoms with van der Waals surface area (Å²) in [6.45, 7) is 3.18. The van der Waals surface area contributed by atoms with Crippen molar-refractivity contribution in [1.82, 2.24) is 4.90 Å². The fraction of sp³-hybridized carbons (Fsp3) is 0.300. The zero-order valence-corrected chi connectivity index (χ0v) is 16.4. The van der Waals surface area contributed by atoms with Gasteiger partial charge in [0.25, 0.3) is 5.91 Å². The van der Waals surface area contributed by atoms with E-state index >= 15 is 0 Å². The molecule has 28 heavy (non-hydrogen) atoms. The number of rotatable bonds is 5. The van der Waals surface area contributed by atoms with Gasteiger partial charge in [-0.15, -0.1) is 0 Å². The van der Waals surface area contributed by atoms with E-state index < -0.39 is 16.0 Å². The molecule has 1 fully saturated rings. The first kappa shape index (κ1) is 20.0. The fourth-order valence-corrected chi connectivity index (χ4v) is 3.92. The minimum Gasteiger partial charge on any atom is -0.457 e. The van der Waals surface area contributed by atoms with Crippen LogP contribution in [0.25, 0.3) is 0 Å². The molecule has 0 unspecified atom stereocenters. The van der Waals surface area contributed by atoms with E-state index in [9.17, 15) is 18.0 Å². The van der Waals surface area contributed by atoms with Gasteiger partial charge in [-0.2, -0.15) is 0 Å². The standard InChI is InChI=1S/C20H22N2O5S/c1-14-4-7-17(12-18(14)28(21,25)26)20(24)27-13-15-5-8-16(9-6-15)19(23)22-10-2-3-11-22/h4-9,12H,2-3,10-11,13H2,1H3,(H2,21,25,26). The molecule has 0 atom stereocenters. The molecule has 2 aromatic carbocycles. The molecule has 1 amide bonds. The Bertz CT molecular complexity index is 994. The Hall–Kier alpha value is -2.71. The average Bonchev–Trinajstić information content (AvgIpc) is 3.20. The third-order valence-electron chi connectivity index (χ3n) is 4.69. The van der Waals surface area contributed by atoms with Gasteiger partial charge < -0.3 is 9.64 Å². The molecule has 0 aromatic heterocycles. The van der Waals surface area contributed by atoms with Gasteiger partial charge in [-0.05, 0) is 55.2 Å². The molecular formula is C20H22N2O5S. The summed E-state index contributed by atoms with van der Waals surface area (Å²) in [4.78, 5) is 26.3. The van der Waals surface area contributed by atoms with Crippen LogP contribution >= 0.6 is 0 Å². The molecule has 0 bridgehead atoms. The Morgan fingerprint density at radius 2 is 1.64 bits per heavy atom. The lowest BCUT2D eigenvalue weighted by atomic mass is 10.1. The Labute approximate surface area is 164 Å². The van der Waals surface area contributed by atoms with Crippen molar-refractivity contribution in [1.29, 1.82) is 0 Å². The van der Waals surface area contributed by atoms with E-state index in [2.05, 4.69) is 0 Å². The van der Waals surface area contributed by atoms with Gasteiger partial charge in [0, 0.05) is 18.7 Å². The van der Waals surface area contributed by atoms with Crippen LogP contribution in [0, 0.1) is 6.92 Å². The lowest BCUT2D eigenvalue weighted by molar-refractivity contribution is 0.0472. The topological polar surface area (TPSA) is 107 Å². The Morgan fingerprint density at radius 3 is 2.25 bits per heavy atom. The second-order valence-corrected chi connectivity index (χ2v) is 8.33. The molecule has 0 spiro atoms. The van der Waals surface area contributed by atoms with Gasteiger partial charge in [0.2, 0.25) is 10.0 Å². The van der Waals surface area contributed by atoms with Crippen molar-refractivity contribution in [2.75, 3.05) is 13.1 Å². The maximum absolute atomic E-state index is 12.3. The van der Waals surface area contributed by atoms with Crippen LogP contribution in [0.2, 0.25) is 0 Å². The van der Waals surface area contributed by atoms with Gasteiger partial charge in [-0.3, -0.25) is 4.79 Å². The maximum atomic E-state index is 12.3. The third-order valence-corrected chi connectivity index (χ3v) is 5.75. The summed E-state index contributed by atoms with van der Waals surface area (Å²) in [5.41, 5.74) is 1.89.